The SMILES string of the molecule is CCCCCCCCCCCCCCCC[N+](C)(C)C.[OH-].c1ccncc1. The monoisotopic (exact) mass is 380 g/mol. The summed E-state index contributed by atoms with van der Waals surface area (Å²) >= 11 is 0. The van der Waals surface area contributed by atoms with Gasteiger partial charge in [0.2, 0.25) is 0 Å². The first-order valence-electron chi connectivity index (χ1n) is 11.2. The lowest BCUT2D eigenvalue weighted by Gasteiger charge is -2.23. The van der Waals surface area contributed by atoms with Crippen molar-refractivity contribution in [3.05, 3.63) is 30.6 Å². The molecular weight excluding hydrogens is 332 g/mol. The molecule has 1 rings (SSSR count). The highest BCUT2D eigenvalue weighted by Crippen LogP contribution is 2.13. The summed E-state index contributed by atoms with van der Waals surface area (Å²) in [6.45, 7) is 3.63. The van der Waals surface area contributed by atoms with Gasteiger partial charge in [-0.3, -0.25) is 4.98 Å². The van der Waals surface area contributed by atoms with E-state index in [4.69, 9.17) is 0 Å². The molecule has 3 nitrogen and oxygen atoms in total. The zero-order chi connectivity index (χ0) is 19.3. The van der Waals surface area contributed by atoms with Crippen LogP contribution in [0.3, 0.4) is 0 Å². The van der Waals surface area contributed by atoms with E-state index >= 15 is 0 Å². The van der Waals surface area contributed by atoms with E-state index in [-0.39, 0.29) is 5.48 Å². The molecule has 0 amide bonds. The first-order chi connectivity index (χ1) is 12.6. The molecular formula is C24H48N2O. The van der Waals surface area contributed by atoms with E-state index in [9.17, 15) is 0 Å². The second-order valence-electron chi connectivity index (χ2n) is 8.63. The van der Waals surface area contributed by atoms with Crippen LogP contribution in [-0.2, 0) is 0 Å². The number of nitrogens with zero attached hydrogens (tertiary/aromatic N) is 2. The first kappa shape index (κ1) is 28.3. The summed E-state index contributed by atoms with van der Waals surface area (Å²) in [4.78, 5) is 3.78. The van der Waals surface area contributed by atoms with Gasteiger partial charge in [0, 0.05) is 12.4 Å². The lowest BCUT2D eigenvalue weighted by atomic mass is 10.0. The normalized spacial score (nSPS) is 10.7. The summed E-state index contributed by atoms with van der Waals surface area (Å²) in [5.41, 5.74) is 0. The number of pyridine rings is 1. The molecule has 0 aromatic carbocycles. The van der Waals surface area contributed by atoms with Gasteiger partial charge in [-0.2, -0.15) is 0 Å². The predicted octanol–water partition coefficient (Wildman–Crippen LogP) is 7.08. The summed E-state index contributed by atoms with van der Waals surface area (Å²) in [6, 6.07) is 5.72. The minimum Gasteiger partial charge on any atom is -0.870 e. The Bertz CT molecular complexity index is 336. The Kier molecular flexibility index (Phi) is 22.4. The van der Waals surface area contributed by atoms with Crippen molar-refractivity contribution < 1.29 is 9.96 Å². The van der Waals surface area contributed by atoms with E-state index in [1.807, 2.05) is 18.2 Å². The third kappa shape index (κ3) is 27.4. The van der Waals surface area contributed by atoms with E-state index in [1.165, 1.54) is 96.4 Å². The fourth-order valence-corrected chi connectivity index (χ4v) is 3.09. The average Bonchev–Trinajstić information content (AvgIpc) is 2.63. The summed E-state index contributed by atoms with van der Waals surface area (Å²) in [5, 5.41) is 0. The predicted molar refractivity (Wildman–Crippen MR) is 119 cm³/mol. The molecule has 0 saturated carbocycles. The third-order valence-corrected chi connectivity index (χ3v) is 4.75. The Morgan fingerprint density at radius 1 is 0.556 bits per heavy atom. The molecule has 0 saturated heterocycles. The Hall–Kier alpha value is -0.930. The van der Waals surface area contributed by atoms with Crippen molar-refractivity contribution in [3.63, 3.8) is 0 Å². The van der Waals surface area contributed by atoms with Gasteiger partial charge in [0.05, 0.1) is 27.7 Å². The van der Waals surface area contributed by atoms with E-state index in [0.29, 0.717) is 0 Å². The molecule has 0 atom stereocenters. The number of aromatic nitrogens is 1. The first-order valence-corrected chi connectivity index (χ1v) is 11.2. The van der Waals surface area contributed by atoms with Crippen LogP contribution in [0.5, 0.6) is 0 Å². The van der Waals surface area contributed by atoms with Crippen LogP contribution in [-0.4, -0.2) is 42.6 Å². The fourth-order valence-electron chi connectivity index (χ4n) is 3.09. The van der Waals surface area contributed by atoms with Crippen molar-refractivity contribution in [1.29, 1.82) is 0 Å². The maximum atomic E-state index is 3.78. The van der Waals surface area contributed by atoms with Gasteiger partial charge in [0.1, 0.15) is 0 Å². The molecule has 27 heavy (non-hydrogen) atoms. The van der Waals surface area contributed by atoms with Crippen LogP contribution < -0.4 is 0 Å². The van der Waals surface area contributed by atoms with Crippen molar-refractivity contribution in [3.8, 4) is 0 Å². The van der Waals surface area contributed by atoms with Crippen LogP contribution in [0.25, 0.3) is 0 Å². The molecule has 0 spiro atoms. The Labute approximate surface area is 170 Å². The zero-order valence-corrected chi connectivity index (χ0v) is 18.8. The van der Waals surface area contributed by atoms with Crippen LogP contribution >= 0.6 is 0 Å². The van der Waals surface area contributed by atoms with Crippen molar-refractivity contribution >= 4 is 0 Å². The van der Waals surface area contributed by atoms with Crippen molar-refractivity contribution in [1.82, 2.24) is 4.98 Å². The topological polar surface area (TPSA) is 42.9 Å². The van der Waals surface area contributed by atoms with Gasteiger partial charge in [-0.05, 0) is 25.0 Å². The quantitative estimate of drug-likeness (QED) is 0.241. The highest BCUT2D eigenvalue weighted by molar-refractivity contribution is 4.88. The summed E-state index contributed by atoms with van der Waals surface area (Å²) in [7, 11) is 6.88. The molecule has 1 aromatic heterocycles. The molecule has 3 heteroatoms. The van der Waals surface area contributed by atoms with E-state index in [1.54, 1.807) is 12.4 Å². The third-order valence-electron chi connectivity index (χ3n) is 4.75. The number of unbranched alkanes of at least 4 members (excludes halogenated alkanes) is 13. The van der Waals surface area contributed by atoms with Crippen LogP contribution in [0.2, 0.25) is 0 Å². The number of hydrogen-bond donors (Lipinski definition) is 0. The van der Waals surface area contributed by atoms with Gasteiger partial charge in [-0.25, -0.2) is 0 Å². The molecule has 0 aliphatic heterocycles. The molecule has 1 N–H and O–H groups in total. The highest BCUT2D eigenvalue weighted by Gasteiger charge is 2.04. The van der Waals surface area contributed by atoms with Gasteiger partial charge < -0.3 is 9.96 Å². The summed E-state index contributed by atoms with van der Waals surface area (Å²) in [6.07, 6.45) is 23.9. The van der Waals surface area contributed by atoms with E-state index in [2.05, 4.69) is 33.1 Å². The molecule has 1 aromatic rings. The molecule has 0 bridgehead atoms. The lowest BCUT2D eigenvalue weighted by molar-refractivity contribution is -0.870. The number of hydrogen-bond acceptors (Lipinski definition) is 2. The standard InChI is InChI=1S/C19H42N.C5H5N.H2O/c1-5-6-7-8-9-10-11-12-13-14-15-16-17-18-19-20(2,3)4;1-2-4-6-5-3-1;/h5-19H2,1-4H3;1-5H;1H2/q+1;;/p-1. The Morgan fingerprint density at radius 2 is 0.926 bits per heavy atom. The maximum Gasteiger partial charge on any atom is 0.0780 e. The maximum absolute atomic E-state index is 3.78. The molecule has 0 unspecified atom stereocenters. The molecule has 1 heterocycles. The van der Waals surface area contributed by atoms with Gasteiger partial charge in [-0.15, -0.1) is 0 Å². The minimum atomic E-state index is 0. The molecule has 0 aliphatic rings. The fraction of sp³-hybridized carbons (Fsp3) is 0.792. The van der Waals surface area contributed by atoms with Gasteiger partial charge in [0.15, 0.2) is 0 Å². The van der Waals surface area contributed by atoms with Gasteiger partial charge in [0.25, 0.3) is 0 Å². The van der Waals surface area contributed by atoms with Crippen molar-refractivity contribution in [2.75, 3.05) is 27.7 Å². The van der Waals surface area contributed by atoms with Crippen LogP contribution in [0.4, 0.5) is 0 Å². The van der Waals surface area contributed by atoms with Crippen LogP contribution in [0, 0.1) is 0 Å². The molecule has 160 valence electrons. The van der Waals surface area contributed by atoms with E-state index < -0.39 is 0 Å². The lowest BCUT2D eigenvalue weighted by Crippen LogP contribution is -2.35. The largest absolute Gasteiger partial charge is 0.870 e. The zero-order valence-electron chi connectivity index (χ0n) is 18.8. The molecule has 0 aliphatic carbocycles. The number of rotatable bonds is 15. The highest BCUT2D eigenvalue weighted by atomic mass is 16.0. The summed E-state index contributed by atoms with van der Waals surface area (Å²) < 4.78 is 1.12. The second-order valence-corrected chi connectivity index (χ2v) is 8.63. The van der Waals surface area contributed by atoms with Crippen molar-refractivity contribution in [2.45, 2.75) is 96.8 Å². The van der Waals surface area contributed by atoms with Gasteiger partial charge >= 0.3 is 0 Å². The van der Waals surface area contributed by atoms with E-state index in [0.717, 1.165) is 4.48 Å². The molecule has 0 fully saturated rings. The van der Waals surface area contributed by atoms with Crippen LogP contribution in [0.15, 0.2) is 30.6 Å². The average molecular weight is 381 g/mol. The Balaban J connectivity index is 0. The Morgan fingerprint density at radius 3 is 1.19 bits per heavy atom. The number of quaternary nitrogens is 1. The summed E-state index contributed by atoms with van der Waals surface area (Å²) in [5.74, 6) is 0. The van der Waals surface area contributed by atoms with Crippen LogP contribution in [0.1, 0.15) is 96.8 Å². The van der Waals surface area contributed by atoms with Gasteiger partial charge in [-0.1, -0.05) is 90.0 Å². The van der Waals surface area contributed by atoms with Crippen molar-refractivity contribution in [2.24, 2.45) is 0 Å². The molecule has 0 radical (unpaired) electrons. The minimum absolute atomic E-state index is 0. The smallest absolute Gasteiger partial charge is 0.0780 e. The second kappa shape index (κ2) is 21.4.